The Morgan fingerprint density at radius 2 is 1.77 bits per heavy atom. The molecule has 0 fully saturated rings. The maximum absolute atomic E-state index is 13.3. The van der Waals surface area contributed by atoms with E-state index in [0.717, 1.165) is 0 Å². The lowest BCUT2D eigenvalue weighted by atomic mass is 9.79. The molecule has 30 heavy (non-hydrogen) atoms. The first-order chi connectivity index (χ1) is 13.8. The highest BCUT2D eigenvalue weighted by Gasteiger charge is 2.44. The highest BCUT2D eigenvalue weighted by atomic mass is 16.5. The van der Waals surface area contributed by atoms with Crippen molar-refractivity contribution in [1.82, 2.24) is 0 Å². The van der Waals surface area contributed by atoms with Gasteiger partial charge in [0.15, 0.2) is 11.3 Å². The Bertz CT molecular complexity index is 1250. The molecule has 0 amide bonds. The highest BCUT2D eigenvalue weighted by molar-refractivity contribution is 5.99. The minimum Gasteiger partial charge on any atom is -0.507 e. The molecule has 1 atom stereocenters. The molecule has 1 aromatic heterocycles. The van der Waals surface area contributed by atoms with Gasteiger partial charge in [0.1, 0.15) is 28.6 Å². The molecule has 7 nitrogen and oxygen atoms in total. The van der Waals surface area contributed by atoms with Gasteiger partial charge in [0.2, 0.25) is 11.2 Å². The minimum absolute atomic E-state index is 0.00265. The molecule has 3 aromatic rings. The summed E-state index contributed by atoms with van der Waals surface area (Å²) >= 11 is 0. The predicted octanol–water partition coefficient (Wildman–Crippen LogP) is 3.83. The molecule has 0 saturated carbocycles. The average Bonchev–Trinajstić information content (AvgIpc) is 2.86. The van der Waals surface area contributed by atoms with E-state index in [0.29, 0.717) is 29.7 Å². The quantitative estimate of drug-likeness (QED) is 0.380. The molecule has 1 aliphatic rings. The van der Waals surface area contributed by atoms with Crippen molar-refractivity contribution in [3.05, 3.63) is 33.5 Å². The number of ether oxygens (including phenoxy) is 1. The number of rotatable bonds is 3. The summed E-state index contributed by atoms with van der Waals surface area (Å²) in [6.45, 7) is 9.15. The van der Waals surface area contributed by atoms with Gasteiger partial charge in [-0.05, 0) is 45.7 Å². The molecule has 0 saturated heterocycles. The van der Waals surface area contributed by atoms with Crippen LogP contribution in [0, 0.1) is 0 Å². The van der Waals surface area contributed by atoms with Crippen LogP contribution in [-0.4, -0.2) is 32.1 Å². The van der Waals surface area contributed by atoms with Gasteiger partial charge in [0, 0.05) is 16.5 Å². The van der Waals surface area contributed by atoms with E-state index >= 15 is 0 Å². The van der Waals surface area contributed by atoms with Crippen molar-refractivity contribution < 1.29 is 29.6 Å². The fourth-order valence-corrected chi connectivity index (χ4v) is 4.04. The average molecular weight is 414 g/mol. The molecule has 4 N–H and O–H groups in total. The van der Waals surface area contributed by atoms with E-state index in [2.05, 4.69) is 0 Å². The third-order valence-corrected chi connectivity index (χ3v) is 6.21. The SMILES string of the molecule is C[C@@H]1Oc2c(CCC(C)(C)O)c(O)c3c(=O)c4ccc(O)c(O)c4oc3c2C1(C)C. The van der Waals surface area contributed by atoms with E-state index in [1.54, 1.807) is 13.8 Å². The number of hydrogen-bond acceptors (Lipinski definition) is 7. The van der Waals surface area contributed by atoms with Crippen LogP contribution in [-0.2, 0) is 11.8 Å². The van der Waals surface area contributed by atoms with Gasteiger partial charge >= 0.3 is 0 Å². The Labute approximate surface area is 173 Å². The van der Waals surface area contributed by atoms with Gasteiger partial charge in [-0.1, -0.05) is 13.8 Å². The van der Waals surface area contributed by atoms with Crippen LogP contribution in [0.2, 0.25) is 0 Å². The standard InChI is InChI=1S/C23H26O7/c1-10-23(4,5)15-19(29-10)12(8-9-22(2,3)28)17(26)14-16(25)11-6-7-13(24)18(27)20(11)30-21(14)15/h6-7,10,24,26-28H,8-9H2,1-5H3/t10-/m0/s1. The van der Waals surface area contributed by atoms with Crippen molar-refractivity contribution in [3.8, 4) is 23.0 Å². The molecule has 2 aromatic carbocycles. The van der Waals surface area contributed by atoms with Gasteiger partial charge in [-0.3, -0.25) is 4.79 Å². The zero-order valence-electron chi connectivity index (χ0n) is 17.7. The van der Waals surface area contributed by atoms with Crippen LogP contribution < -0.4 is 10.2 Å². The second kappa shape index (κ2) is 6.28. The molecule has 2 heterocycles. The molecule has 0 spiro atoms. The van der Waals surface area contributed by atoms with Gasteiger partial charge in [0.25, 0.3) is 0 Å². The van der Waals surface area contributed by atoms with E-state index in [1.807, 2.05) is 20.8 Å². The third-order valence-electron chi connectivity index (χ3n) is 6.21. The lowest BCUT2D eigenvalue weighted by Gasteiger charge is -2.23. The highest BCUT2D eigenvalue weighted by Crippen LogP contribution is 2.52. The third kappa shape index (κ3) is 2.80. The van der Waals surface area contributed by atoms with Crippen molar-refractivity contribution in [2.75, 3.05) is 0 Å². The van der Waals surface area contributed by atoms with Crippen LogP contribution in [0.3, 0.4) is 0 Å². The number of aliphatic hydroxyl groups is 1. The van der Waals surface area contributed by atoms with Crippen molar-refractivity contribution in [3.63, 3.8) is 0 Å². The van der Waals surface area contributed by atoms with E-state index < -0.39 is 27.9 Å². The molecule has 0 bridgehead atoms. The lowest BCUT2D eigenvalue weighted by molar-refractivity contribution is 0.0710. The summed E-state index contributed by atoms with van der Waals surface area (Å²) in [6.07, 6.45) is 0.385. The number of phenols is 3. The Morgan fingerprint density at radius 1 is 1.10 bits per heavy atom. The second-order valence-electron chi connectivity index (χ2n) is 9.27. The van der Waals surface area contributed by atoms with E-state index in [4.69, 9.17) is 9.15 Å². The van der Waals surface area contributed by atoms with Crippen molar-refractivity contribution in [1.29, 1.82) is 0 Å². The summed E-state index contributed by atoms with van der Waals surface area (Å²) in [6, 6.07) is 2.55. The van der Waals surface area contributed by atoms with Crippen molar-refractivity contribution in [2.24, 2.45) is 0 Å². The summed E-state index contributed by atoms with van der Waals surface area (Å²) in [5, 5.41) is 41.5. The topological polar surface area (TPSA) is 120 Å². The van der Waals surface area contributed by atoms with E-state index in [1.165, 1.54) is 12.1 Å². The molecular weight excluding hydrogens is 388 g/mol. The Balaban J connectivity index is 2.17. The molecular formula is C23H26O7. The maximum Gasteiger partial charge on any atom is 0.204 e. The Hall–Kier alpha value is -2.93. The molecule has 0 radical (unpaired) electrons. The van der Waals surface area contributed by atoms with Gasteiger partial charge in [-0.25, -0.2) is 0 Å². The predicted molar refractivity (Wildman–Crippen MR) is 113 cm³/mol. The Kier molecular flexibility index (Phi) is 4.26. The first kappa shape index (κ1) is 20.3. The summed E-state index contributed by atoms with van der Waals surface area (Å²) in [5.41, 5.74) is -0.980. The second-order valence-corrected chi connectivity index (χ2v) is 9.27. The van der Waals surface area contributed by atoms with Crippen LogP contribution in [0.25, 0.3) is 21.9 Å². The van der Waals surface area contributed by atoms with Gasteiger partial charge in [-0.2, -0.15) is 0 Å². The van der Waals surface area contributed by atoms with E-state index in [9.17, 15) is 25.2 Å². The molecule has 7 heteroatoms. The number of hydrogen-bond donors (Lipinski definition) is 4. The van der Waals surface area contributed by atoms with Crippen LogP contribution >= 0.6 is 0 Å². The Morgan fingerprint density at radius 3 is 2.40 bits per heavy atom. The van der Waals surface area contributed by atoms with E-state index in [-0.39, 0.29) is 33.8 Å². The zero-order chi connectivity index (χ0) is 22.2. The largest absolute Gasteiger partial charge is 0.507 e. The smallest absolute Gasteiger partial charge is 0.204 e. The van der Waals surface area contributed by atoms with Gasteiger partial charge in [-0.15, -0.1) is 0 Å². The number of aromatic hydroxyl groups is 3. The van der Waals surface area contributed by atoms with Crippen molar-refractivity contribution >= 4 is 21.9 Å². The molecule has 160 valence electrons. The molecule has 4 rings (SSSR count). The monoisotopic (exact) mass is 414 g/mol. The van der Waals surface area contributed by atoms with Crippen molar-refractivity contribution in [2.45, 2.75) is 64.6 Å². The van der Waals surface area contributed by atoms with Gasteiger partial charge in [0.05, 0.1) is 11.0 Å². The first-order valence-electron chi connectivity index (χ1n) is 9.93. The molecule has 1 aliphatic heterocycles. The lowest BCUT2D eigenvalue weighted by Crippen LogP contribution is -2.29. The number of phenolic OH excluding ortho intramolecular Hbond substituents is 3. The summed E-state index contributed by atoms with van der Waals surface area (Å²) in [5.74, 6) is -0.753. The fourth-order valence-electron chi connectivity index (χ4n) is 4.04. The summed E-state index contributed by atoms with van der Waals surface area (Å²) in [7, 11) is 0. The summed E-state index contributed by atoms with van der Waals surface area (Å²) < 4.78 is 12.0. The normalized spacial score (nSPS) is 18.0. The molecule has 0 aliphatic carbocycles. The minimum atomic E-state index is -0.967. The molecule has 0 unspecified atom stereocenters. The van der Waals surface area contributed by atoms with Crippen LogP contribution in [0.15, 0.2) is 21.3 Å². The van der Waals surface area contributed by atoms with Gasteiger partial charge < -0.3 is 29.6 Å². The number of fused-ring (bicyclic) bond motifs is 4. The van der Waals surface area contributed by atoms with Crippen LogP contribution in [0.5, 0.6) is 23.0 Å². The number of benzene rings is 2. The fraction of sp³-hybridized carbons (Fsp3) is 0.435. The van der Waals surface area contributed by atoms with Crippen LogP contribution in [0.4, 0.5) is 0 Å². The first-order valence-corrected chi connectivity index (χ1v) is 9.93. The van der Waals surface area contributed by atoms with Crippen LogP contribution in [0.1, 0.15) is 52.2 Å². The summed E-state index contributed by atoms with van der Waals surface area (Å²) in [4.78, 5) is 13.3. The zero-order valence-corrected chi connectivity index (χ0v) is 17.7. The maximum atomic E-state index is 13.3.